The Balaban J connectivity index is 1.67. The summed E-state index contributed by atoms with van der Waals surface area (Å²) >= 11 is 1.08. The molecule has 0 saturated heterocycles. The maximum Gasteiger partial charge on any atom is 0.434 e. The second kappa shape index (κ2) is 7.95. The Hall–Kier alpha value is -3.53. The van der Waals surface area contributed by atoms with E-state index < -0.39 is 34.8 Å². The molecule has 2 aromatic carbocycles. The average molecular weight is 446 g/mol. The Morgan fingerprint density at radius 2 is 1.81 bits per heavy atom. The number of carbonyl (C=O) groups is 1. The molecule has 0 aliphatic rings. The first-order valence-corrected chi connectivity index (χ1v) is 9.86. The number of aromatic nitrogens is 3. The minimum Gasteiger partial charge on any atom is -0.298 e. The number of aryl methyl sites for hydroxylation is 1. The van der Waals surface area contributed by atoms with E-state index >= 15 is 0 Å². The van der Waals surface area contributed by atoms with Gasteiger partial charge in [-0.2, -0.15) is 18.3 Å². The van der Waals surface area contributed by atoms with Gasteiger partial charge in [0.15, 0.2) is 10.8 Å². The lowest BCUT2D eigenvalue weighted by Crippen LogP contribution is -2.21. The maximum atomic E-state index is 14.1. The molecule has 31 heavy (non-hydrogen) atoms. The molecule has 1 N–H and O–H groups in total. The Bertz CT molecular complexity index is 1260. The molecule has 0 saturated carbocycles. The third kappa shape index (κ3) is 4.06. The lowest BCUT2D eigenvalue weighted by atomic mass is 10.1. The number of halogens is 4. The highest BCUT2D eigenvalue weighted by molar-refractivity contribution is 7.14. The zero-order valence-electron chi connectivity index (χ0n) is 15.9. The molecule has 0 fully saturated rings. The van der Waals surface area contributed by atoms with Crippen molar-refractivity contribution < 1.29 is 22.4 Å². The summed E-state index contributed by atoms with van der Waals surface area (Å²) in [5, 5.41) is 7.83. The van der Waals surface area contributed by atoms with E-state index in [1.807, 2.05) is 31.2 Å². The minimum atomic E-state index is -4.94. The third-order valence-corrected chi connectivity index (χ3v) is 5.27. The molecule has 4 rings (SSSR count). The number of rotatable bonds is 4. The molecule has 158 valence electrons. The normalized spacial score (nSPS) is 11.5. The molecule has 0 spiro atoms. The topological polar surface area (TPSA) is 59.8 Å². The van der Waals surface area contributed by atoms with Crippen LogP contribution in [0.3, 0.4) is 0 Å². The monoisotopic (exact) mass is 446 g/mol. The summed E-state index contributed by atoms with van der Waals surface area (Å²) < 4.78 is 55.7. The number of thiazole rings is 1. The van der Waals surface area contributed by atoms with Crippen molar-refractivity contribution in [2.75, 3.05) is 5.32 Å². The highest BCUT2D eigenvalue weighted by Gasteiger charge is 2.41. The molecule has 2 aromatic heterocycles. The molecule has 1 amide bonds. The number of para-hydroxylation sites is 1. The fourth-order valence-electron chi connectivity index (χ4n) is 3.07. The van der Waals surface area contributed by atoms with Crippen LogP contribution in [0.4, 0.5) is 22.7 Å². The predicted molar refractivity (Wildman–Crippen MR) is 109 cm³/mol. The van der Waals surface area contributed by atoms with Crippen molar-refractivity contribution in [3.63, 3.8) is 0 Å². The van der Waals surface area contributed by atoms with Crippen LogP contribution in [0.5, 0.6) is 0 Å². The molecule has 0 atom stereocenters. The smallest absolute Gasteiger partial charge is 0.298 e. The summed E-state index contributed by atoms with van der Waals surface area (Å²) in [4.78, 5) is 16.9. The zero-order chi connectivity index (χ0) is 22.2. The van der Waals surface area contributed by atoms with Crippen LogP contribution in [0, 0.1) is 12.7 Å². The number of hydrogen-bond donors (Lipinski definition) is 1. The van der Waals surface area contributed by atoms with Gasteiger partial charge in [-0.05, 0) is 24.6 Å². The standard InChI is InChI=1S/C21H14F4N4OS/c1-12-6-2-3-7-13(12)16-11-31-20(27-16)28-19(30)14-10-26-29(18(14)21(23,24)25)17-9-5-4-8-15(17)22/h2-11H,1H3,(H,27,28,30). The molecule has 5 nitrogen and oxygen atoms in total. The molecule has 4 aromatic rings. The van der Waals surface area contributed by atoms with Crippen LogP contribution in [-0.4, -0.2) is 20.7 Å². The molecular weight excluding hydrogens is 432 g/mol. The molecule has 2 heterocycles. The average Bonchev–Trinajstić information content (AvgIpc) is 3.36. The van der Waals surface area contributed by atoms with E-state index in [1.165, 1.54) is 12.1 Å². The summed E-state index contributed by atoms with van der Waals surface area (Å²) in [6.45, 7) is 1.90. The van der Waals surface area contributed by atoms with Crippen molar-refractivity contribution in [3.8, 4) is 16.9 Å². The van der Waals surface area contributed by atoms with Crippen molar-refractivity contribution in [1.29, 1.82) is 0 Å². The van der Waals surface area contributed by atoms with Gasteiger partial charge < -0.3 is 0 Å². The van der Waals surface area contributed by atoms with Crippen LogP contribution in [0.25, 0.3) is 16.9 Å². The lowest BCUT2D eigenvalue weighted by Gasteiger charge is -2.13. The molecule has 0 aliphatic carbocycles. The van der Waals surface area contributed by atoms with Crippen LogP contribution in [0.1, 0.15) is 21.6 Å². The summed E-state index contributed by atoms with van der Waals surface area (Å²) in [6, 6.07) is 12.4. The SMILES string of the molecule is Cc1ccccc1-c1csc(NC(=O)c2cnn(-c3ccccc3F)c2C(F)(F)F)n1. The fourth-order valence-corrected chi connectivity index (χ4v) is 3.78. The second-order valence-electron chi connectivity index (χ2n) is 6.57. The summed E-state index contributed by atoms with van der Waals surface area (Å²) in [6.07, 6.45) is -4.18. The molecular formula is C21H14F4N4OS. The van der Waals surface area contributed by atoms with Gasteiger partial charge in [0.25, 0.3) is 5.91 Å². The maximum absolute atomic E-state index is 14.1. The number of anilines is 1. The Labute approximate surface area is 178 Å². The van der Waals surface area contributed by atoms with Gasteiger partial charge in [0.05, 0.1) is 17.5 Å². The largest absolute Gasteiger partial charge is 0.434 e. The first-order chi connectivity index (χ1) is 14.8. The number of nitrogens with one attached hydrogen (secondary N) is 1. The van der Waals surface area contributed by atoms with Crippen LogP contribution in [0.2, 0.25) is 0 Å². The van der Waals surface area contributed by atoms with Gasteiger partial charge in [-0.3, -0.25) is 10.1 Å². The quantitative estimate of drug-likeness (QED) is 0.408. The number of hydrogen-bond acceptors (Lipinski definition) is 4. The Morgan fingerprint density at radius 3 is 2.52 bits per heavy atom. The van der Waals surface area contributed by atoms with Crippen molar-refractivity contribution in [2.24, 2.45) is 0 Å². The molecule has 0 unspecified atom stereocenters. The van der Waals surface area contributed by atoms with Crippen molar-refractivity contribution >= 4 is 22.4 Å². The fraction of sp³-hybridized carbons (Fsp3) is 0.0952. The van der Waals surface area contributed by atoms with Crippen molar-refractivity contribution in [3.05, 3.63) is 82.7 Å². The predicted octanol–water partition coefficient (Wildman–Crippen LogP) is 5.71. The third-order valence-electron chi connectivity index (χ3n) is 4.51. The number of alkyl halides is 3. The lowest BCUT2D eigenvalue weighted by molar-refractivity contribution is -0.143. The van der Waals surface area contributed by atoms with Gasteiger partial charge in [0, 0.05) is 10.9 Å². The summed E-state index contributed by atoms with van der Waals surface area (Å²) in [7, 11) is 0. The first kappa shape index (κ1) is 20.7. The van der Waals surface area contributed by atoms with Gasteiger partial charge in [0.2, 0.25) is 0 Å². The van der Waals surface area contributed by atoms with Crippen LogP contribution in [0.15, 0.2) is 60.1 Å². The second-order valence-corrected chi connectivity index (χ2v) is 7.43. The van der Waals surface area contributed by atoms with E-state index in [0.717, 1.165) is 40.8 Å². The molecule has 0 radical (unpaired) electrons. The van der Waals surface area contributed by atoms with E-state index in [2.05, 4.69) is 15.4 Å². The number of amides is 1. The van der Waals surface area contributed by atoms with E-state index in [9.17, 15) is 22.4 Å². The van der Waals surface area contributed by atoms with Crippen LogP contribution < -0.4 is 5.32 Å². The highest BCUT2D eigenvalue weighted by Crippen LogP contribution is 2.35. The summed E-state index contributed by atoms with van der Waals surface area (Å²) in [5.74, 6) is -1.94. The Morgan fingerprint density at radius 1 is 1.10 bits per heavy atom. The van der Waals surface area contributed by atoms with Gasteiger partial charge in [-0.1, -0.05) is 36.4 Å². The van der Waals surface area contributed by atoms with Crippen LogP contribution >= 0.6 is 11.3 Å². The van der Waals surface area contributed by atoms with E-state index in [0.29, 0.717) is 10.4 Å². The number of nitrogens with zero attached hydrogens (tertiary/aromatic N) is 3. The van der Waals surface area contributed by atoms with Crippen LogP contribution in [-0.2, 0) is 6.18 Å². The van der Waals surface area contributed by atoms with Gasteiger partial charge in [-0.25, -0.2) is 14.1 Å². The van der Waals surface area contributed by atoms with Gasteiger partial charge in [0.1, 0.15) is 11.5 Å². The first-order valence-electron chi connectivity index (χ1n) is 8.98. The molecule has 10 heteroatoms. The number of benzene rings is 2. The van der Waals surface area contributed by atoms with E-state index in [1.54, 1.807) is 5.38 Å². The van der Waals surface area contributed by atoms with Crippen molar-refractivity contribution in [1.82, 2.24) is 14.8 Å². The van der Waals surface area contributed by atoms with E-state index in [-0.39, 0.29) is 5.13 Å². The van der Waals surface area contributed by atoms with Gasteiger partial charge in [-0.15, -0.1) is 11.3 Å². The van der Waals surface area contributed by atoms with E-state index in [4.69, 9.17) is 0 Å². The molecule has 0 aliphatic heterocycles. The highest BCUT2D eigenvalue weighted by atomic mass is 32.1. The summed E-state index contributed by atoms with van der Waals surface area (Å²) in [5.41, 5.74) is -0.102. The molecule has 0 bridgehead atoms. The van der Waals surface area contributed by atoms with Gasteiger partial charge >= 0.3 is 6.18 Å². The Kier molecular flexibility index (Phi) is 5.32. The minimum absolute atomic E-state index is 0.134. The zero-order valence-corrected chi connectivity index (χ0v) is 16.8. The number of carbonyl (C=O) groups excluding carboxylic acids is 1. The van der Waals surface area contributed by atoms with Crippen molar-refractivity contribution in [2.45, 2.75) is 13.1 Å².